The van der Waals surface area contributed by atoms with Gasteiger partial charge >= 0.3 is 0 Å². The molecule has 0 amide bonds. The molecular weight excluding hydrogens is 417 g/mol. The van der Waals surface area contributed by atoms with Gasteiger partial charge in [0.15, 0.2) is 0 Å². The fraction of sp³-hybridized carbons (Fsp3) is 0.200. The van der Waals surface area contributed by atoms with Crippen LogP contribution in [0.3, 0.4) is 0 Å². The molecule has 19 heavy (non-hydrogen) atoms. The number of ether oxygens (including phenoxy) is 1. The second kappa shape index (κ2) is 6.72. The summed E-state index contributed by atoms with van der Waals surface area (Å²) in [5.74, 6) is 1.74. The van der Waals surface area contributed by atoms with Crippen molar-refractivity contribution in [1.82, 2.24) is 5.32 Å². The Morgan fingerprint density at radius 1 is 1.21 bits per heavy atom. The molecule has 0 bridgehead atoms. The normalized spacial score (nSPS) is 12.2. The molecule has 0 fully saturated rings. The van der Waals surface area contributed by atoms with Crippen molar-refractivity contribution < 1.29 is 4.74 Å². The second-order valence-corrected chi connectivity index (χ2v) is 6.41. The van der Waals surface area contributed by atoms with E-state index < -0.39 is 0 Å². The highest BCUT2D eigenvalue weighted by molar-refractivity contribution is 14.1. The molecule has 0 saturated heterocycles. The van der Waals surface area contributed by atoms with Gasteiger partial charge in [0.25, 0.3) is 0 Å². The number of hydrogen-bond donors (Lipinski definition) is 1. The van der Waals surface area contributed by atoms with Crippen LogP contribution in [-0.2, 0) is 0 Å². The Bertz CT molecular complexity index is 574. The van der Waals surface area contributed by atoms with Gasteiger partial charge in [-0.25, -0.2) is 0 Å². The van der Waals surface area contributed by atoms with Crippen molar-refractivity contribution in [2.24, 2.45) is 0 Å². The lowest BCUT2D eigenvalue weighted by Crippen LogP contribution is -2.13. The Morgan fingerprint density at radius 3 is 2.68 bits per heavy atom. The van der Waals surface area contributed by atoms with Gasteiger partial charge in [-0.3, -0.25) is 0 Å². The second-order valence-electron chi connectivity index (χ2n) is 4.25. The summed E-state index contributed by atoms with van der Waals surface area (Å²) in [4.78, 5) is 0. The minimum absolute atomic E-state index is 0.232. The van der Waals surface area contributed by atoms with Crippen molar-refractivity contribution in [2.45, 2.75) is 13.0 Å². The third kappa shape index (κ3) is 3.94. The molecule has 4 heteroatoms. The molecule has 2 aromatic rings. The molecule has 0 saturated carbocycles. The van der Waals surface area contributed by atoms with Crippen molar-refractivity contribution in [3.63, 3.8) is 0 Å². The zero-order valence-corrected chi connectivity index (χ0v) is 14.5. The SMILES string of the molecule is CNC(C)c1cc(Br)ccc1Oc1cccc(I)c1. The Labute approximate surface area is 135 Å². The predicted molar refractivity (Wildman–Crippen MR) is 90.8 cm³/mol. The fourth-order valence-corrected chi connectivity index (χ4v) is 2.66. The third-order valence-electron chi connectivity index (χ3n) is 2.90. The summed E-state index contributed by atoms with van der Waals surface area (Å²) in [5, 5.41) is 3.24. The Kier molecular flexibility index (Phi) is 5.24. The van der Waals surface area contributed by atoms with Gasteiger partial charge in [-0.1, -0.05) is 22.0 Å². The predicted octanol–water partition coefficient (Wildman–Crippen LogP) is 5.13. The minimum Gasteiger partial charge on any atom is -0.457 e. The maximum absolute atomic E-state index is 6.00. The molecule has 2 rings (SSSR count). The average molecular weight is 432 g/mol. The first-order valence-electron chi connectivity index (χ1n) is 6.00. The van der Waals surface area contributed by atoms with Crippen LogP contribution in [0, 0.1) is 3.57 Å². The van der Waals surface area contributed by atoms with Crippen molar-refractivity contribution in [3.05, 3.63) is 56.1 Å². The molecule has 0 heterocycles. The molecule has 100 valence electrons. The first-order chi connectivity index (χ1) is 9.10. The van der Waals surface area contributed by atoms with E-state index in [-0.39, 0.29) is 6.04 Å². The summed E-state index contributed by atoms with van der Waals surface area (Å²) in [6.07, 6.45) is 0. The van der Waals surface area contributed by atoms with E-state index in [4.69, 9.17) is 4.74 Å². The lowest BCUT2D eigenvalue weighted by atomic mass is 10.1. The summed E-state index contributed by atoms with van der Waals surface area (Å²) in [6.45, 7) is 2.11. The summed E-state index contributed by atoms with van der Waals surface area (Å²) in [6, 6.07) is 14.3. The van der Waals surface area contributed by atoms with E-state index >= 15 is 0 Å². The monoisotopic (exact) mass is 431 g/mol. The zero-order chi connectivity index (χ0) is 13.8. The standard InChI is InChI=1S/C15H15BrINO/c1-10(18-2)14-8-11(16)6-7-15(14)19-13-5-3-4-12(17)9-13/h3-10,18H,1-2H3. The third-order valence-corrected chi connectivity index (χ3v) is 4.06. The Hall–Kier alpha value is -0.590. The van der Waals surface area contributed by atoms with Crippen molar-refractivity contribution in [2.75, 3.05) is 7.05 Å². The van der Waals surface area contributed by atoms with Crippen molar-refractivity contribution >= 4 is 38.5 Å². The number of halogens is 2. The lowest BCUT2D eigenvalue weighted by Gasteiger charge is -2.17. The highest BCUT2D eigenvalue weighted by Gasteiger charge is 2.11. The molecule has 0 radical (unpaired) electrons. The molecule has 0 aromatic heterocycles. The van der Waals surface area contributed by atoms with Gasteiger partial charge < -0.3 is 10.1 Å². The summed E-state index contributed by atoms with van der Waals surface area (Å²) < 4.78 is 8.22. The van der Waals surface area contributed by atoms with Gasteiger partial charge in [0, 0.05) is 19.6 Å². The zero-order valence-electron chi connectivity index (χ0n) is 10.8. The van der Waals surface area contributed by atoms with E-state index in [2.05, 4.69) is 56.8 Å². The first-order valence-corrected chi connectivity index (χ1v) is 7.87. The minimum atomic E-state index is 0.232. The van der Waals surface area contributed by atoms with Crippen LogP contribution in [0.25, 0.3) is 0 Å². The van der Waals surface area contributed by atoms with Crippen LogP contribution < -0.4 is 10.1 Å². The fourth-order valence-electron chi connectivity index (χ4n) is 1.76. The van der Waals surface area contributed by atoms with Gasteiger partial charge in [0.2, 0.25) is 0 Å². The molecule has 1 N–H and O–H groups in total. The van der Waals surface area contributed by atoms with Crippen LogP contribution in [0.2, 0.25) is 0 Å². The van der Waals surface area contributed by atoms with Crippen molar-refractivity contribution in [1.29, 1.82) is 0 Å². The molecule has 1 unspecified atom stereocenters. The van der Waals surface area contributed by atoms with Gasteiger partial charge in [-0.15, -0.1) is 0 Å². The van der Waals surface area contributed by atoms with E-state index in [0.29, 0.717) is 0 Å². The Balaban J connectivity index is 2.34. The maximum Gasteiger partial charge on any atom is 0.132 e. The first kappa shape index (κ1) is 14.8. The molecule has 2 aromatic carbocycles. The van der Waals surface area contributed by atoms with Crippen LogP contribution in [-0.4, -0.2) is 7.05 Å². The molecule has 0 aliphatic heterocycles. The Morgan fingerprint density at radius 2 is 2.00 bits per heavy atom. The summed E-state index contributed by atoms with van der Waals surface area (Å²) >= 11 is 5.79. The lowest BCUT2D eigenvalue weighted by molar-refractivity contribution is 0.466. The van der Waals surface area contributed by atoms with E-state index in [1.807, 2.05) is 43.4 Å². The van der Waals surface area contributed by atoms with Crippen LogP contribution in [0.4, 0.5) is 0 Å². The van der Waals surface area contributed by atoms with Gasteiger partial charge in [0.05, 0.1) is 0 Å². The number of nitrogens with one attached hydrogen (secondary N) is 1. The van der Waals surface area contributed by atoms with E-state index in [1.165, 1.54) is 0 Å². The van der Waals surface area contributed by atoms with Gasteiger partial charge in [-0.05, 0) is 73.0 Å². The van der Waals surface area contributed by atoms with Gasteiger partial charge in [-0.2, -0.15) is 0 Å². The summed E-state index contributed by atoms with van der Waals surface area (Å²) in [5.41, 5.74) is 1.13. The summed E-state index contributed by atoms with van der Waals surface area (Å²) in [7, 11) is 1.95. The molecule has 0 spiro atoms. The molecule has 0 aliphatic rings. The van der Waals surface area contributed by atoms with E-state index in [1.54, 1.807) is 0 Å². The van der Waals surface area contributed by atoms with Crippen LogP contribution in [0.15, 0.2) is 46.9 Å². The number of hydrogen-bond acceptors (Lipinski definition) is 2. The molecular formula is C15H15BrINO. The van der Waals surface area contributed by atoms with Crippen LogP contribution in [0.5, 0.6) is 11.5 Å². The molecule has 0 aliphatic carbocycles. The maximum atomic E-state index is 6.00. The quantitative estimate of drug-likeness (QED) is 0.678. The largest absolute Gasteiger partial charge is 0.457 e. The molecule has 1 atom stereocenters. The van der Waals surface area contributed by atoms with Crippen LogP contribution in [0.1, 0.15) is 18.5 Å². The highest BCUT2D eigenvalue weighted by Crippen LogP contribution is 2.32. The molecule has 2 nitrogen and oxygen atoms in total. The van der Waals surface area contributed by atoms with Crippen LogP contribution >= 0.6 is 38.5 Å². The average Bonchev–Trinajstić information content (AvgIpc) is 2.40. The van der Waals surface area contributed by atoms with E-state index in [9.17, 15) is 0 Å². The number of rotatable bonds is 4. The topological polar surface area (TPSA) is 21.3 Å². The van der Waals surface area contributed by atoms with Gasteiger partial charge in [0.1, 0.15) is 11.5 Å². The van der Waals surface area contributed by atoms with Crippen molar-refractivity contribution in [3.8, 4) is 11.5 Å². The number of benzene rings is 2. The van der Waals surface area contributed by atoms with E-state index in [0.717, 1.165) is 25.1 Å². The highest BCUT2D eigenvalue weighted by atomic mass is 127. The smallest absolute Gasteiger partial charge is 0.132 e.